The van der Waals surface area contributed by atoms with Crippen molar-refractivity contribution in [2.75, 3.05) is 32.1 Å². The molecule has 1 atom stereocenters. The number of aryl methyl sites for hydroxylation is 1. The summed E-state index contributed by atoms with van der Waals surface area (Å²) in [5.41, 5.74) is 6.51. The summed E-state index contributed by atoms with van der Waals surface area (Å²) in [5.74, 6) is -5.65. The minimum atomic E-state index is -1.36. The number of pyridine rings is 1. The van der Waals surface area contributed by atoms with Crippen LogP contribution in [0.1, 0.15) is 23.1 Å². The SMILES string of the molecule is CN1CCN=C1c1cccc(Oc2nc(Oc3cc(C(=N)N)ccc3O)c(F)c(N(C)C(CCc3ccccc3)C(=O)O)c2F)c1. The number of carboxylic acid groups (broad SMARTS) is 1. The van der Waals surface area contributed by atoms with Crippen LogP contribution in [-0.2, 0) is 11.2 Å². The van der Waals surface area contributed by atoms with Crippen molar-refractivity contribution >= 4 is 23.3 Å². The third-order valence-corrected chi connectivity index (χ3v) is 7.49. The summed E-state index contributed by atoms with van der Waals surface area (Å²) in [6.45, 7) is 1.35. The fourth-order valence-electron chi connectivity index (χ4n) is 5.04. The lowest BCUT2D eigenvalue weighted by Crippen LogP contribution is -2.40. The summed E-state index contributed by atoms with van der Waals surface area (Å²) in [5, 5.41) is 28.2. The van der Waals surface area contributed by atoms with Gasteiger partial charge in [0.05, 0.1) is 6.54 Å². The second-order valence-corrected chi connectivity index (χ2v) is 10.6. The summed E-state index contributed by atoms with van der Waals surface area (Å²) >= 11 is 0. The summed E-state index contributed by atoms with van der Waals surface area (Å²) in [7, 11) is 3.14. The van der Waals surface area contributed by atoms with E-state index in [2.05, 4.69) is 9.98 Å². The number of nitrogen functional groups attached to an aromatic ring is 1. The van der Waals surface area contributed by atoms with Crippen LogP contribution in [0.25, 0.3) is 0 Å². The van der Waals surface area contributed by atoms with Crippen LogP contribution in [0.3, 0.4) is 0 Å². The zero-order valence-corrected chi connectivity index (χ0v) is 25.1. The normalized spacial score (nSPS) is 13.2. The molecule has 0 saturated carbocycles. The van der Waals surface area contributed by atoms with Gasteiger partial charge in [-0.2, -0.15) is 13.8 Å². The molecular formula is C33H32F2N6O5. The number of phenols is 1. The number of carbonyl (C=O) groups is 1. The van der Waals surface area contributed by atoms with Crippen molar-refractivity contribution in [2.24, 2.45) is 10.7 Å². The van der Waals surface area contributed by atoms with Crippen molar-refractivity contribution in [3.63, 3.8) is 0 Å². The average Bonchev–Trinajstić information content (AvgIpc) is 3.47. The van der Waals surface area contributed by atoms with E-state index in [1.54, 1.807) is 18.2 Å². The second kappa shape index (κ2) is 13.5. The molecule has 0 bridgehead atoms. The summed E-state index contributed by atoms with van der Waals surface area (Å²) < 4.78 is 43.9. The minimum absolute atomic E-state index is 0.0164. The maximum absolute atomic E-state index is 16.2. The zero-order valence-electron chi connectivity index (χ0n) is 25.1. The molecule has 5 rings (SSSR count). The van der Waals surface area contributed by atoms with Gasteiger partial charge in [0, 0.05) is 31.8 Å². The van der Waals surface area contributed by atoms with E-state index < -0.39 is 46.8 Å². The Bertz CT molecular complexity index is 1800. The molecule has 1 aliphatic heterocycles. The average molecular weight is 631 g/mol. The van der Waals surface area contributed by atoms with E-state index in [1.807, 2.05) is 48.3 Å². The van der Waals surface area contributed by atoms with Crippen LogP contribution in [0.5, 0.6) is 29.0 Å². The molecule has 0 radical (unpaired) electrons. The van der Waals surface area contributed by atoms with Gasteiger partial charge in [0.25, 0.3) is 11.8 Å². The first kappa shape index (κ1) is 31.7. The topological polar surface area (TPSA) is 158 Å². The first-order valence-electron chi connectivity index (χ1n) is 14.3. The number of aliphatic carboxylic acids is 1. The van der Waals surface area contributed by atoms with Gasteiger partial charge in [-0.1, -0.05) is 42.5 Å². The number of amidine groups is 2. The lowest BCUT2D eigenvalue weighted by Gasteiger charge is -2.28. The van der Waals surface area contributed by atoms with E-state index in [0.717, 1.165) is 17.0 Å². The predicted molar refractivity (Wildman–Crippen MR) is 168 cm³/mol. The highest BCUT2D eigenvalue weighted by atomic mass is 19.1. The molecule has 1 unspecified atom stereocenters. The van der Waals surface area contributed by atoms with Crippen LogP contribution < -0.4 is 20.1 Å². The van der Waals surface area contributed by atoms with Crippen LogP contribution >= 0.6 is 0 Å². The number of likely N-dealkylation sites (N-methyl/N-ethyl adjacent to an activating group) is 2. The molecule has 3 aromatic carbocycles. The van der Waals surface area contributed by atoms with Crippen molar-refractivity contribution < 1.29 is 33.3 Å². The maximum atomic E-state index is 16.2. The fourth-order valence-corrected chi connectivity index (χ4v) is 5.04. The van der Waals surface area contributed by atoms with E-state index in [0.29, 0.717) is 24.4 Å². The van der Waals surface area contributed by atoms with Crippen molar-refractivity contribution in [1.29, 1.82) is 5.41 Å². The smallest absolute Gasteiger partial charge is 0.326 e. The molecule has 238 valence electrons. The maximum Gasteiger partial charge on any atom is 0.326 e. The molecule has 46 heavy (non-hydrogen) atoms. The van der Waals surface area contributed by atoms with Crippen molar-refractivity contribution in [3.05, 3.63) is 101 Å². The highest BCUT2D eigenvalue weighted by Gasteiger charge is 2.32. The molecule has 0 amide bonds. The number of aromatic nitrogens is 1. The first-order valence-corrected chi connectivity index (χ1v) is 14.3. The number of ether oxygens (including phenoxy) is 2. The van der Waals surface area contributed by atoms with Crippen molar-refractivity contribution in [3.8, 4) is 29.0 Å². The first-order chi connectivity index (χ1) is 22.0. The van der Waals surface area contributed by atoms with Gasteiger partial charge in [0.1, 0.15) is 29.1 Å². The molecule has 13 heteroatoms. The number of nitrogens with two attached hydrogens (primary N) is 1. The number of hydrogen-bond acceptors (Lipinski definition) is 9. The van der Waals surface area contributed by atoms with Gasteiger partial charge >= 0.3 is 5.97 Å². The number of hydrogen-bond donors (Lipinski definition) is 4. The number of halogens is 2. The van der Waals surface area contributed by atoms with Crippen LogP contribution in [0, 0.1) is 17.0 Å². The fraction of sp³-hybridized carbons (Fsp3) is 0.212. The number of rotatable bonds is 12. The van der Waals surface area contributed by atoms with Crippen LogP contribution in [0.4, 0.5) is 14.5 Å². The second-order valence-electron chi connectivity index (χ2n) is 10.6. The van der Waals surface area contributed by atoms with E-state index in [-0.39, 0.29) is 29.3 Å². The molecule has 4 aromatic rings. The Morgan fingerprint density at radius 3 is 2.43 bits per heavy atom. The molecule has 2 heterocycles. The number of anilines is 1. The molecule has 1 aliphatic rings. The van der Waals surface area contributed by atoms with E-state index in [4.69, 9.17) is 20.6 Å². The predicted octanol–water partition coefficient (Wildman–Crippen LogP) is 5.15. The summed E-state index contributed by atoms with van der Waals surface area (Å²) in [6.07, 6.45) is 0.336. The van der Waals surface area contributed by atoms with Crippen molar-refractivity contribution in [1.82, 2.24) is 9.88 Å². The number of carboxylic acids is 1. The Balaban J connectivity index is 1.57. The van der Waals surface area contributed by atoms with Crippen LogP contribution in [0.15, 0.2) is 77.8 Å². The highest BCUT2D eigenvalue weighted by Crippen LogP contribution is 2.40. The molecule has 0 spiro atoms. The van der Waals surface area contributed by atoms with Gasteiger partial charge in [-0.3, -0.25) is 10.4 Å². The Morgan fingerprint density at radius 2 is 1.78 bits per heavy atom. The number of phenolic OH excluding ortho intramolecular Hbond substituents is 1. The van der Waals surface area contributed by atoms with Crippen LogP contribution in [-0.4, -0.2) is 71.0 Å². The Labute approximate surface area is 263 Å². The van der Waals surface area contributed by atoms with Gasteiger partial charge < -0.3 is 35.2 Å². The lowest BCUT2D eigenvalue weighted by atomic mass is 10.0. The van der Waals surface area contributed by atoms with E-state index in [9.17, 15) is 15.0 Å². The third kappa shape index (κ3) is 6.83. The Hall–Kier alpha value is -5.72. The number of aliphatic imine (C=N–C) groups is 1. The lowest BCUT2D eigenvalue weighted by molar-refractivity contribution is -0.138. The molecule has 11 nitrogen and oxygen atoms in total. The summed E-state index contributed by atoms with van der Waals surface area (Å²) in [4.78, 5) is 23.8. The molecule has 0 saturated heterocycles. The number of nitrogens with one attached hydrogen (secondary N) is 1. The van der Waals surface area contributed by atoms with E-state index >= 15 is 8.78 Å². The van der Waals surface area contributed by atoms with Gasteiger partial charge in [-0.25, -0.2) is 4.79 Å². The highest BCUT2D eigenvalue weighted by molar-refractivity contribution is 6.00. The molecule has 0 aliphatic carbocycles. The standard InChI is InChI=1S/C33H32F2N6O5/c1-40-16-15-38-30(40)21-9-6-10-22(17-21)45-31-26(34)28(41(2)23(33(43)44)13-11-19-7-4-3-5-8-19)27(35)32(39-31)46-25-18-20(29(36)37)12-14-24(25)42/h3-10,12,14,17-18,23,42H,11,13,15-16H2,1-2H3,(H3,36,37)(H,43,44). The number of benzene rings is 3. The Morgan fingerprint density at radius 1 is 1.07 bits per heavy atom. The molecule has 0 fully saturated rings. The molecular weight excluding hydrogens is 598 g/mol. The van der Waals surface area contributed by atoms with Crippen LogP contribution in [0.2, 0.25) is 0 Å². The minimum Gasteiger partial charge on any atom is -0.504 e. The quantitative estimate of drug-likeness (QED) is 0.123. The Kier molecular flexibility index (Phi) is 9.31. The van der Waals surface area contributed by atoms with Gasteiger partial charge in [-0.05, 0) is 48.7 Å². The van der Waals surface area contributed by atoms with Gasteiger partial charge in [-0.15, -0.1) is 0 Å². The largest absolute Gasteiger partial charge is 0.504 e. The van der Waals surface area contributed by atoms with Crippen molar-refractivity contribution in [2.45, 2.75) is 18.9 Å². The summed E-state index contributed by atoms with van der Waals surface area (Å²) in [6, 6.07) is 18.2. The third-order valence-electron chi connectivity index (χ3n) is 7.49. The van der Waals surface area contributed by atoms with Gasteiger partial charge in [0.2, 0.25) is 11.6 Å². The monoisotopic (exact) mass is 630 g/mol. The number of nitrogens with zero attached hydrogens (tertiary/aromatic N) is 4. The van der Waals surface area contributed by atoms with Gasteiger partial charge in [0.15, 0.2) is 11.5 Å². The molecule has 1 aromatic heterocycles. The number of aromatic hydroxyl groups is 1. The molecule has 5 N–H and O–H groups in total. The van der Waals surface area contributed by atoms with E-state index in [1.165, 1.54) is 25.2 Å². The zero-order chi connectivity index (χ0) is 33.0.